The van der Waals surface area contributed by atoms with Crippen molar-refractivity contribution in [1.29, 1.82) is 0 Å². The van der Waals surface area contributed by atoms with Gasteiger partial charge in [-0.2, -0.15) is 4.98 Å². The summed E-state index contributed by atoms with van der Waals surface area (Å²) in [6, 6.07) is 21.6. The highest BCUT2D eigenvalue weighted by molar-refractivity contribution is 6.30. The Bertz CT molecular complexity index is 1370. The van der Waals surface area contributed by atoms with Crippen molar-refractivity contribution < 1.29 is 13.7 Å². The van der Waals surface area contributed by atoms with E-state index >= 15 is 0 Å². The SMILES string of the molecule is CC1=C(c2nc(-c3cccc(F)c3)no2)C(c2cccc(Cl)c2)NC(=O)N1c1ccccc1. The number of halogens is 2. The summed E-state index contributed by atoms with van der Waals surface area (Å²) in [6.45, 7) is 1.82. The van der Waals surface area contributed by atoms with Gasteiger partial charge in [0.05, 0.1) is 17.3 Å². The molecule has 1 aliphatic rings. The van der Waals surface area contributed by atoms with Crippen LogP contribution in [0.2, 0.25) is 5.02 Å². The maximum Gasteiger partial charge on any atom is 0.326 e. The van der Waals surface area contributed by atoms with Crippen LogP contribution in [-0.2, 0) is 0 Å². The monoisotopic (exact) mass is 460 g/mol. The zero-order chi connectivity index (χ0) is 22.9. The fraction of sp³-hybridized carbons (Fsp3) is 0.0800. The number of rotatable bonds is 4. The number of carbonyl (C=O) groups excluding carboxylic acids is 1. The first-order valence-electron chi connectivity index (χ1n) is 10.2. The smallest absolute Gasteiger partial charge is 0.326 e. The Hall–Kier alpha value is -3.97. The fourth-order valence-corrected chi connectivity index (χ4v) is 4.12. The molecule has 1 aromatic heterocycles. The van der Waals surface area contributed by atoms with Crippen LogP contribution in [0.15, 0.2) is 89.1 Å². The highest BCUT2D eigenvalue weighted by Crippen LogP contribution is 2.39. The van der Waals surface area contributed by atoms with E-state index in [1.165, 1.54) is 12.1 Å². The molecule has 1 atom stereocenters. The van der Waals surface area contributed by atoms with Crippen LogP contribution in [0.3, 0.4) is 0 Å². The van der Waals surface area contributed by atoms with Crippen molar-refractivity contribution in [3.05, 3.63) is 107 Å². The molecule has 0 aliphatic carbocycles. The first kappa shape index (κ1) is 20.9. The summed E-state index contributed by atoms with van der Waals surface area (Å²) >= 11 is 6.23. The maximum atomic E-state index is 13.7. The Morgan fingerprint density at radius 3 is 2.58 bits per heavy atom. The molecule has 3 aromatic carbocycles. The average molecular weight is 461 g/mol. The van der Waals surface area contributed by atoms with Crippen LogP contribution in [0.5, 0.6) is 0 Å². The van der Waals surface area contributed by atoms with Crippen molar-refractivity contribution in [2.75, 3.05) is 4.90 Å². The van der Waals surface area contributed by atoms with E-state index in [1.54, 1.807) is 29.2 Å². The van der Waals surface area contributed by atoms with Crippen LogP contribution in [0.4, 0.5) is 14.9 Å². The van der Waals surface area contributed by atoms with Gasteiger partial charge in [-0.25, -0.2) is 9.18 Å². The second-order valence-electron chi connectivity index (χ2n) is 7.54. The molecule has 4 aromatic rings. The van der Waals surface area contributed by atoms with Crippen molar-refractivity contribution >= 4 is 28.9 Å². The number of nitrogens with one attached hydrogen (secondary N) is 1. The highest BCUT2D eigenvalue weighted by atomic mass is 35.5. The van der Waals surface area contributed by atoms with Crippen molar-refractivity contribution in [2.24, 2.45) is 0 Å². The summed E-state index contributed by atoms with van der Waals surface area (Å²) in [5.41, 5.74) is 3.20. The van der Waals surface area contributed by atoms with Gasteiger partial charge in [0.15, 0.2) is 0 Å². The summed E-state index contributed by atoms with van der Waals surface area (Å²) in [5, 5.41) is 7.62. The Balaban J connectivity index is 1.67. The Morgan fingerprint density at radius 2 is 1.82 bits per heavy atom. The number of carbonyl (C=O) groups is 1. The molecular weight excluding hydrogens is 443 g/mol. The topological polar surface area (TPSA) is 71.3 Å². The van der Waals surface area contributed by atoms with E-state index in [1.807, 2.05) is 49.4 Å². The third-order valence-electron chi connectivity index (χ3n) is 5.42. The van der Waals surface area contributed by atoms with Gasteiger partial charge in [0.1, 0.15) is 5.82 Å². The number of amides is 2. The standard InChI is InChI=1S/C25H18ClFN4O2/c1-15-21(24-29-23(30-33-24)17-8-6-10-19(27)14-17)22(16-7-5-9-18(26)13-16)28-25(32)31(15)20-11-3-2-4-12-20/h2-14,22H,1H3,(H,28,32). The number of hydrogen-bond donors (Lipinski definition) is 1. The molecule has 2 heterocycles. The average Bonchev–Trinajstić information content (AvgIpc) is 3.29. The summed E-state index contributed by atoms with van der Waals surface area (Å²) in [7, 11) is 0. The summed E-state index contributed by atoms with van der Waals surface area (Å²) in [5.74, 6) is 0.0710. The minimum absolute atomic E-state index is 0.220. The molecule has 1 unspecified atom stereocenters. The van der Waals surface area contributed by atoms with Gasteiger partial charge in [0.2, 0.25) is 5.82 Å². The summed E-state index contributed by atoms with van der Waals surface area (Å²) in [6.07, 6.45) is 0. The molecule has 0 saturated carbocycles. The second kappa shape index (κ2) is 8.52. The number of nitrogens with zero attached hydrogens (tertiary/aromatic N) is 3. The predicted molar refractivity (Wildman–Crippen MR) is 124 cm³/mol. The van der Waals surface area contributed by atoms with Gasteiger partial charge in [-0.05, 0) is 48.9 Å². The second-order valence-corrected chi connectivity index (χ2v) is 7.98. The van der Waals surface area contributed by atoms with Crippen LogP contribution in [0.1, 0.15) is 24.4 Å². The molecule has 0 spiro atoms. The zero-order valence-corrected chi connectivity index (χ0v) is 18.3. The number of anilines is 1. The molecule has 0 radical (unpaired) electrons. The largest absolute Gasteiger partial charge is 0.334 e. The molecule has 1 N–H and O–H groups in total. The molecule has 33 heavy (non-hydrogen) atoms. The summed E-state index contributed by atoms with van der Waals surface area (Å²) in [4.78, 5) is 19.2. The number of allylic oxidation sites excluding steroid dienone is 1. The van der Waals surface area contributed by atoms with E-state index in [-0.39, 0.29) is 17.7 Å². The highest BCUT2D eigenvalue weighted by Gasteiger charge is 2.36. The Labute approximate surface area is 194 Å². The zero-order valence-electron chi connectivity index (χ0n) is 17.5. The van der Waals surface area contributed by atoms with Crippen LogP contribution in [-0.4, -0.2) is 16.2 Å². The molecule has 164 valence electrons. The Morgan fingerprint density at radius 1 is 1.03 bits per heavy atom. The molecule has 8 heteroatoms. The minimum atomic E-state index is -0.572. The quantitative estimate of drug-likeness (QED) is 0.392. The van der Waals surface area contributed by atoms with Crippen LogP contribution >= 0.6 is 11.6 Å². The molecule has 1 aliphatic heterocycles. The van der Waals surface area contributed by atoms with E-state index in [2.05, 4.69) is 15.5 Å². The fourth-order valence-electron chi connectivity index (χ4n) is 3.92. The number of urea groups is 1. The van der Waals surface area contributed by atoms with Gasteiger partial charge in [-0.3, -0.25) is 4.90 Å². The molecule has 0 fully saturated rings. The predicted octanol–water partition coefficient (Wildman–Crippen LogP) is 6.23. The van der Waals surface area contributed by atoms with E-state index < -0.39 is 11.9 Å². The third kappa shape index (κ3) is 3.99. The molecular formula is C25H18ClFN4O2. The Kier molecular flexibility index (Phi) is 5.40. The number of aromatic nitrogens is 2. The van der Waals surface area contributed by atoms with Crippen LogP contribution < -0.4 is 10.2 Å². The lowest BCUT2D eigenvalue weighted by molar-refractivity contribution is 0.244. The van der Waals surface area contributed by atoms with Gasteiger partial charge in [-0.1, -0.05) is 59.2 Å². The van der Waals surface area contributed by atoms with Gasteiger partial charge < -0.3 is 9.84 Å². The minimum Gasteiger partial charge on any atom is -0.334 e. The normalized spacial score (nSPS) is 16.2. The number of para-hydroxylation sites is 1. The van der Waals surface area contributed by atoms with Crippen LogP contribution in [0.25, 0.3) is 17.0 Å². The lowest BCUT2D eigenvalue weighted by Crippen LogP contribution is -2.46. The number of benzene rings is 3. The van der Waals surface area contributed by atoms with E-state index in [0.29, 0.717) is 27.5 Å². The van der Waals surface area contributed by atoms with Gasteiger partial charge in [0.25, 0.3) is 5.89 Å². The number of hydrogen-bond acceptors (Lipinski definition) is 4. The van der Waals surface area contributed by atoms with Gasteiger partial charge in [-0.15, -0.1) is 0 Å². The van der Waals surface area contributed by atoms with Gasteiger partial charge >= 0.3 is 6.03 Å². The van der Waals surface area contributed by atoms with Crippen molar-refractivity contribution in [3.8, 4) is 11.4 Å². The van der Waals surface area contributed by atoms with Gasteiger partial charge in [0, 0.05) is 16.3 Å². The molecule has 2 amide bonds. The van der Waals surface area contributed by atoms with E-state index in [9.17, 15) is 9.18 Å². The first-order valence-corrected chi connectivity index (χ1v) is 10.6. The lowest BCUT2D eigenvalue weighted by atomic mass is 9.94. The van der Waals surface area contributed by atoms with Crippen LogP contribution in [0, 0.1) is 5.82 Å². The molecule has 5 rings (SSSR count). The van der Waals surface area contributed by atoms with Crippen molar-refractivity contribution in [1.82, 2.24) is 15.5 Å². The van der Waals surface area contributed by atoms with Crippen molar-refractivity contribution in [2.45, 2.75) is 13.0 Å². The maximum absolute atomic E-state index is 13.7. The third-order valence-corrected chi connectivity index (χ3v) is 5.66. The lowest BCUT2D eigenvalue weighted by Gasteiger charge is -2.35. The molecule has 6 nitrogen and oxygen atoms in total. The summed E-state index contributed by atoms with van der Waals surface area (Å²) < 4.78 is 19.3. The van der Waals surface area contributed by atoms with E-state index in [4.69, 9.17) is 16.1 Å². The first-order chi connectivity index (χ1) is 16.0. The molecule has 0 bridgehead atoms. The van der Waals surface area contributed by atoms with Crippen molar-refractivity contribution in [3.63, 3.8) is 0 Å². The molecule has 0 saturated heterocycles. The van der Waals surface area contributed by atoms with E-state index in [0.717, 1.165) is 5.56 Å².